The Bertz CT molecular complexity index is 1220. The number of nitrogens with two attached hydrogens (primary N) is 1. The molecule has 0 aliphatic carbocycles. The number of piperidine rings is 1. The van der Waals surface area contributed by atoms with E-state index in [4.69, 9.17) is 15.2 Å². The number of rotatable bonds is 6. The predicted octanol–water partition coefficient (Wildman–Crippen LogP) is 4.97. The third-order valence-corrected chi connectivity index (χ3v) is 5.40. The van der Waals surface area contributed by atoms with E-state index >= 15 is 0 Å². The number of para-hydroxylation sites is 1. The number of nitrogens with zero attached hydrogens (tertiary/aromatic N) is 3. The highest BCUT2D eigenvalue weighted by Gasteiger charge is 2.24. The maximum atomic E-state index is 14.3. The first kappa shape index (κ1) is 25.2. The molecule has 9 nitrogen and oxygen atoms in total. The number of amides is 1. The molecule has 0 radical (unpaired) electrons. The fourth-order valence-corrected chi connectivity index (χ4v) is 3.87. The zero-order valence-electron chi connectivity index (χ0n) is 20.6. The SMILES string of the molecule is CC(C)(C)OC(=O)NN1CCC[C@H](Nc2nccc(-c3ccccc3Oc3ccc(N)cc3F)n2)C1. The van der Waals surface area contributed by atoms with Gasteiger partial charge in [0, 0.05) is 42.6 Å². The van der Waals surface area contributed by atoms with Crippen LogP contribution >= 0.6 is 0 Å². The summed E-state index contributed by atoms with van der Waals surface area (Å²) < 4.78 is 25.5. The summed E-state index contributed by atoms with van der Waals surface area (Å²) in [6.45, 7) is 6.78. The summed E-state index contributed by atoms with van der Waals surface area (Å²) in [7, 11) is 0. The Kier molecular flexibility index (Phi) is 7.54. The predicted molar refractivity (Wildman–Crippen MR) is 136 cm³/mol. The lowest BCUT2D eigenvalue weighted by Crippen LogP contribution is -2.52. The molecule has 1 aliphatic rings. The largest absolute Gasteiger partial charge is 0.454 e. The summed E-state index contributed by atoms with van der Waals surface area (Å²) in [6.07, 6.45) is 2.97. The van der Waals surface area contributed by atoms with Gasteiger partial charge in [-0.05, 0) is 63.9 Å². The molecule has 2 aromatic carbocycles. The van der Waals surface area contributed by atoms with E-state index in [2.05, 4.69) is 20.7 Å². The number of benzene rings is 2. The van der Waals surface area contributed by atoms with Crippen molar-refractivity contribution >= 4 is 17.7 Å². The van der Waals surface area contributed by atoms with E-state index < -0.39 is 17.5 Å². The second-order valence-electron chi connectivity index (χ2n) is 9.60. The zero-order chi connectivity index (χ0) is 25.7. The molecule has 36 heavy (non-hydrogen) atoms. The van der Waals surface area contributed by atoms with Crippen LogP contribution in [0.4, 0.5) is 20.8 Å². The van der Waals surface area contributed by atoms with Crippen LogP contribution < -0.4 is 21.2 Å². The van der Waals surface area contributed by atoms with Crippen LogP contribution in [0.25, 0.3) is 11.3 Å². The Hall–Kier alpha value is -3.92. The maximum Gasteiger partial charge on any atom is 0.422 e. The summed E-state index contributed by atoms with van der Waals surface area (Å²) in [4.78, 5) is 21.2. The standard InChI is InChI=1S/C26H31FN6O3/c1-26(2,3)36-25(34)32-33-14-6-7-18(16-33)30-24-29-13-12-21(31-24)19-8-4-5-9-22(19)35-23-11-10-17(28)15-20(23)27/h4-5,8-13,15,18H,6-7,14,16,28H2,1-3H3,(H,32,34)(H,29,30,31)/t18-/m0/s1. The summed E-state index contributed by atoms with van der Waals surface area (Å²) in [5, 5.41) is 5.19. The minimum absolute atomic E-state index is 0.0271. The molecule has 2 heterocycles. The summed E-state index contributed by atoms with van der Waals surface area (Å²) in [5.74, 6) is 0.432. The van der Waals surface area contributed by atoms with Gasteiger partial charge < -0.3 is 20.5 Å². The molecule has 1 fully saturated rings. The topological polar surface area (TPSA) is 115 Å². The normalized spacial score (nSPS) is 16.3. The number of halogens is 1. The Morgan fingerprint density at radius 2 is 1.97 bits per heavy atom. The number of aromatic nitrogens is 2. The molecule has 0 bridgehead atoms. The molecule has 1 amide bonds. The smallest absolute Gasteiger partial charge is 0.422 e. The van der Waals surface area contributed by atoms with Crippen LogP contribution in [0.1, 0.15) is 33.6 Å². The van der Waals surface area contributed by atoms with E-state index in [-0.39, 0.29) is 11.8 Å². The lowest BCUT2D eigenvalue weighted by atomic mass is 10.1. The molecule has 1 aromatic heterocycles. The molecule has 4 N–H and O–H groups in total. The van der Waals surface area contributed by atoms with Gasteiger partial charge in [-0.25, -0.2) is 24.2 Å². The first-order valence-electron chi connectivity index (χ1n) is 11.8. The van der Waals surface area contributed by atoms with Crippen LogP contribution in [0.15, 0.2) is 54.7 Å². The molecule has 1 atom stereocenters. The summed E-state index contributed by atoms with van der Waals surface area (Å²) in [5.41, 5.74) is 9.52. The Morgan fingerprint density at radius 3 is 2.75 bits per heavy atom. The Morgan fingerprint density at radius 1 is 1.17 bits per heavy atom. The van der Waals surface area contributed by atoms with Gasteiger partial charge in [0.2, 0.25) is 5.95 Å². The van der Waals surface area contributed by atoms with Crippen molar-refractivity contribution in [3.63, 3.8) is 0 Å². The van der Waals surface area contributed by atoms with E-state index in [0.717, 1.165) is 19.4 Å². The molecular weight excluding hydrogens is 463 g/mol. The van der Waals surface area contributed by atoms with Gasteiger partial charge in [0.1, 0.15) is 11.4 Å². The van der Waals surface area contributed by atoms with Gasteiger partial charge in [0.15, 0.2) is 11.6 Å². The van der Waals surface area contributed by atoms with Crippen LogP contribution in [-0.4, -0.2) is 45.8 Å². The molecule has 4 rings (SSSR count). The molecule has 0 unspecified atom stereocenters. The Balaban J connectivity index is 1.45. The molecule has 0 spiro atoms. The summed E-state index contributed by atoms with van der Waals surface area (Å²) >= 11 is 0. The number of carbonyl (C=O) groups excluding carboxylic acids is 1. The van der Waals surface area contributed by atoms with Gasteiger partial charge in [0.25, 0.3) is 0 Å². The van der Waals surface area contributed by atoms with Crippen LogP contribution in [0.5, 0.6) is 11.5 Å². The van der Waals surface area contributed by atoms with Gasteiger partial charge in [-0.15, -0.1) is 0 Å². The third kappa shape index (κ3) is 6.82. The number of hydrogen-bond acceptors (Lipinski definition) is 8. The molecule has 0 saturated carbocycles. The number of anilines is 2. The van der Waals surface area contributed by atoms with Crippen molar-refractivity contribution in [1.82, 2.24) is 20.4 Å². The van der Waals surface area contributed by atoms with E-state index in [1.807, 2.05) is 44.0 Å². The molecule has 190 valence electrons. The first-order valence-corrected chi connectivity index (χ1v) is 11.8. The quantitative estimate of drug-likeness (QED) is 0.412. The fourth-order valence-electron chi connectivity index (χ4n) is 3.87. The number of hydrazine groups is 1. The number of carbonyl (C=O) groups is 1. The van der Waals surface area contributed by atoms with Crippen LogP contribution in [0.2, 0.25) is 0 Å². The number of ether oxygens (including phenoxy) is 2. The molecule has 1 aliphatic heterocycles. The van der Waals surface area contributed by atoms with Crippen LogP contribution in [0, 0.1) is 5.82 Å². The average molecular weight is 495 g/mol. The van der Waals surface area contributed by atoms with Crippen molar-refractivity contribution in [3.8, 4) is 22.8 Å². The van der Waals surface area contributed by atoms with Gasteiger partial charge in [-0.2, -0.15) is 0 Å². The summed E-state index contributed by atoms with van der Waals surface area (Å²) in [6, 6.07) is 13.4. The highest BCUT2D eigenvalue weighted by molar-refractivity contribution is 5.68. The minimum atomic E-state index is -0.564. The molecular formula is C26H31FN6O3. The lowest BCUT2D eigenvalue weighted by Gasteiger charge is -2.33. The highest BCUT2D eigenvalue weighted by atomic mass is 19.1. The number of hydrogen-bond donors (Lipinski definition) is 3. The lowest BCUT2D eigenvalue weighted by molar-refractivity contribution is 0.0289. The van der Waals surface area contributed by atoms with Crippen molar-refractivity contribution in [1.29, 1.82) is 0 Å². The van der Waals surface area contributed by atoms with Gasteiger partial charge in [-0.1, -0.05) is 12.1 Å². The Labute approximate surface area is 209 Å². The number of nitrogen functional groups attached to an aromatic ring is 1. The van der Waals surface area contributed by atoms with E-state index in [0.29, 0.717) is 35.2 Å². The monoisotopic (exact) mass is 494 g/mol. The molecule has 10 heteroatoms. The van der Waals surface area contributed by atoms with Crippen LogP contribution in [0.3, 0.4) is 0 Å². The minimum Gasteiger partial charge on any atom is -0.454 e. The van der Waals surface area contributed by atoms with Crippen molar-refractivity contribution in [2.75, 3.05) is 24.1 Å². The second-order valence-corrected chi connectivity index (χ2v) is 9.60. The van der Waals surface area contributed by atoms with Crippen molar-refractivity contribution in [2.24, 2.45) is 0 Å². The van der Waals surface area contributed by atoms with Gasteiger partial charge in [0.05, 0.1) is 5.69 Å². The zero-order valence-corrected chi connectivity index (χ0v) is 20.6. The molecule has 3 aromatic rings. The van der Waals surface area contributed by atoms with Crippen molar-refractivity contribution in [2.45, 2.75) is 45.3 Å². The van der Waals surface area contributed by atoms with Crippen LogP contribution in [-0.2, 0) is 4.74 Å². The maximum absolute atomic E-state index is 14.3. The van der Waals surface area contributed by atoms with E-state index in [1.165, 1.54) is 12.1 Å². The first-order chi connectivity index (χ1) is 17.2. The highest BCUT2D eigenvalue weighted by Crippen LogP contribution is 2.34. The molecule has 1 saturated heterocycles. The van der Waals surface area contributed by atoms with Crippen molar-refractivity contribution < 1.29 is 18.7 Å². The third-order valence-electron chi connectivity index (χ3n) is 5.40. The number of nitrogens with one attached hydrogen (secondary N) is 2. The van der Waals surface area contributed by atoms with E-state index in [1.54, 1.807) is 24.4 Å². The van der Waals surface area contributed by atoms with Crippen molar-refractivity contribution in [3.05, 3.63) is 60.5 Å². The fraction of sp³-hybridized carbons (Fsp3) is 0.346. The van der Waals surface area contributed by atoms with E-state index in [9.17, 15) is 9.18 Å². The van der Waals surface area contributed by atoms with Gasteiger partial charge >= 0.3 is 6.09 Å². The van der Waals surface area contributed by atoms with Gasteiger partial charge in [-0.3, -0.25) is 5.43 Å². The average Bonchev–Trinajstić information content (AvgIpc) is 2.80. The second kappa shape index (κ2) is 10.8.